The van der Waals surface area contributed by atoms with Crippen LogP contribution in [0.15, 0.2) is 45.8 Å². The number of carbonyl (C=O) groups is 1. The average Bonchev–Trinajstić information content (AvgIpc) is 2.57. The minimum atomic E-state index is -0.301. The van der Waals surface area contributed by atoms with Gasteiger partial charge in [0.1, 0.15) is 18.0 Å². The Morgan fingerprint density at radius 1 is 1.25 bits per heavy atom. The summed E-state index contributed by atoms with van der Waals surface area (Å²) in [6.45, 7) is 1.79. The number of amides is 1. The van der Waals surface area contributed by atoms with Gasteiger partial charge in [0.2, 0.25) is 5.91 Å². The van der Waals surface area contributed by atoms with Gasteiger partial charge in [-0.25, -0.2) is 0 Å². The molecule has 0 saturated heterocycles. The number of nitrogens with zero attached hydrogens (tertiary/aromatic N) is 1. The quantitative estimate of drug-likeness (QED) is 0.816. The molecule has 6 nitrogen and oxygen atoms in total. The van der Waals surface area contributed by atoms with Gasteiger partial charge in [-0.3, -0.25) is 9.59 Å². The van der Waals surface area contributed by atoms with Gasteiger partial charge in [0.05, 0.1) is 20.3 Å². The molecule has 0 radical (unpaired) electrons. The first-order valence-corrected chi connectivity index (χ1v) is 8.11. The van der Waals surface area contributed by atoms with Crippen LogP contribution in [0.4, 0.5) is 0 Å². The van der Waals surface area contributed by atoms with Crippen LogP contribution in [0, 0.1) is 0 Å². The highest BCUT2D eigenvalue weighted by molar-refractivity contribution is 9.10. The molecule has 0 fully saturated rings. The molecule has 1 heterocycles. The highest BCUT2D eigenvalue weighted by Crippen LogP contribution is 2.29. The van der Waals surface area contributed by atoms with E-state index >= 15 is 0 Å². The first-order chi connectivity index (χ1) is 11.4. The van der Waals surface area contributed by atoms with E-state index in [9.17, 15) is 9.59 Å². The van der Waals surface area contributed by atoms with Crippen molar-refractivity contribution >= 4 is 21.8 Å². The Labute approximate surface area is 148 Å². The summed E-state index contributed by atoms with van der Waals surface area (Å²) >= 11 is 3.29. The van der Waals surface area contributed by atoms with E-state index in [0.717, 1.165) is 10.0 Å². The maximum Gasteiger partial charge on any atom is 0.251 e. The second-order valence-corrected chi connectivity index (χ2v) is 6.13. The van der Waals surface area contributed by atoms with E-state index in [1.54, 1.807) is 38.6 Å². The fourth-order valence-corrected chi connectivity index (χ4v) is 2.70. The van der Waals surface area contributed by atoms with Crippen LogP contribution >= 0.6 is 15.9 Å². The normalized spacial score (nSPS) is 11.7. The van der Waals surface area contributed by atoms with Crippen molar-refractivity contribution in [2.45, 2.75) is 19.5 Å². The number of methoxy groups -OCH3 is 2. The summed E-state index contributed by atoms with van der Waals surface area (Å²) in [6, 6.07) is 8.14. The Morgan fingerprint density at radius 3 is 2.67 bits per heavy atom. The molecule has 2 rings (SSSR count). The minimum absolute atomic E-state index is 0.0606. The fourth-order valence-electron chi connectivity index (χ4n) is 2.32. The highest BCUT2D eigenvalue weighted by Gasteiger charge is 2.15. The van der Waals surface area contributed by atoms with Gasteiger partial charge in [-0.15, -0.1) is 0 Å². The summed E-state index contributed by atoms with van der Waals surface area (Å²) < 4.78 is 12.6. The Hall–Kier alpha value is -2.28. The predicted molar refractivity (Wildman–Crippen MR) is 94.5 cm³/mol. The first kappa shape index (κ1) is 18.1. The van der Waals surface area contributed by atoms with Crippen molar-refractivity contribution in [3.8, 4) is 11.5 Å². The summed E-state index contributed by atoms with van der Waals surface area (Å²) in [5.41, 5.74) is 0.562. The van der Waals surface area contributed by atoms with E-state index in [-0.39, 0.29) is 24.1 Å². The van der Waals surface area contributed by atoms with Crippen molar-refractivity contribution in [3.05, 3.63) is 56.9 Å². The number of carbonyl (C=O) groups excluding carboxylic acids is 1. The van der Waals surface area contributed by atoms with Gasteiger partial charge in [-0.05, 0) is 47.1 Å². The van der Waals surface area contributed by atoms with E-state index in [1.165, 1.54) is 10.6 Å². The molecular formula is C17H19BrN2O4. The molecular weight excluding hydrogens is 376 g/mol. The summed E-state index contributed by atoms with van der Waals surface area (Å²) in [7, 11) is 3.15. The molecule has 1 N–H and O–H groups in total. The van der Waals surface area contributed by atoms with Gasteiger partial charge >= 0.3 is 0 Å². The SMILES string of the molecule is COc1ccc(OC)c([C@H](C)NC(=O)Cn2cc(Br)ccc2=O)c1. The minimum Gasteiger partial charge on any atom is -0.497 e. The number of ether oxygens (including phenoxy) is 2. The summed E-state index contributed by atoms with van der Waals surface area (Å²) in [5.74, 6) is 1.06. The number of hydrogen-bond donors (Lipinski definition) is 1. The molecule has 0 unspecified atom stereocenters. The molecule has 1 amide bonds. The van der Waals surface area contributed by atoms with Crippen LogP contribution in [0.3, 0.4) is 0 Å². The van der Waals surface area contributed by atoms with Gasteiger partial charge in [-0.1, -0.05) is 0 Å². The molecule has 0 saturated carbocycles. The fraction of sp³-hybridized carbons (Fsp3) is 0.294. The molecule has 1 atom stereocenters. The number of halogens is 1. The topological polar surface area (TPSA) is 69.6 Å². The van der Waals surface area contributed by atoms with Crippen LogP contribution in [0.1, 0.15) is 18.5 Å². The molecule has 0 aliphatic heterocycles. The zero-order chi connectivity index (χ0) is 17.7. The standard InChI is InChI=1S/C17H19BrN2O4/c1-11(14-8-13(23-2)5-6-15(14)24-3)19-16(21)10-20-9-12(18)4-7-17(20)22/h4-9,11H,10H2,1-3H3,(H,19,21)/t11-/m0/s1. The van der Waals surface area contributed by atoms with E-state index < -0.39 is 0 Å². The van der Waals surface area contributed by atoms with Crippen LogP contribution in [0.5, 0.6) is 11.5 Å². The third kappa shape index (κ3) is 4.38. The monoisotopic (exact) mass is 394 g/mol. The Bertz CT molecular complexity index is 788. The van der Waals surface area contributed by atoms with Crippen LogP contribution in [0.25, 0.3) is 0 Å². The molecule has 0 aliphatic carbocycles. The van der Waals surface area contributed by atoms with Gasteiger partial charge < -0.3 is 19.4 Å². The number of hydrogen-bond acceptors (Lipinski definition) is 4. The largest absolute Gasteiger partial charge is 0.497 e. The summed E-state index contributed by atoms with van der Waals surface area (Å²) in [4.78, 5) is 24.0. The number of benzene rings is 1. The highest BCUT2D eigenvalue weighted by atomic mass is 79.9. The zero-order valence-electron chi connectivity index (χ0n) is 13.7. The van der Waals surface area contributed by atoms with Gasteiger partial charge in [0.25, 0.3) is 5.56 Å². The van der Waals surface area contributed by atoms with Crippen LogP contribution in [-0.4, -0.2) is 24.7 Å². The van der Waals surface area contributed by atoms with Crippen molar-refractivity contribution in [2.75, 3.05) is 14.2 Å². The van der Waals surface area contributed by atoms with Crippen molar-refractivity contribution in [3.63, 3.8) is 0 Å². The van der Waals surface area contributed by atoms with E-state index in [0.29, 0.717) is 11.5 Å². The predicted octanol–water partition coefficient (Wildman–Crippen LogP) is 2.51. The second kappa shape index (κ2) is 8.01. The van der Waals surface area contributed by atoms with Crippen LogP contribution in [-0.2, 0) is 11.3 Å². The van der Waals surface area contributed by atoms with Gasteiger partial charge in [-0.2, -0.15) is 0 Å². The molecule has 2 aromatic rings. The smallest absolute Gasteiger partial charge is 0.251 e. The Kier molecular flexibility index (Phi) is 6.03. The molecule has 7 heteroatoms. The molecule has 24 heavy (non-hydrogen) atoms. The van der Waals surface area contributed by atoms with Gasteiger partial charge in [0, 0.05) is 22.3 Å². The van der Waals surface area contributed by atoms with E-state index in [4.69, 9.17) is 9.47 Å². The lowest BCUT2D eigenvalue weighted by atomic mass is 10.1. The number of rotatable bonds is 6. The lowest BCUT2D eigenvalue weighted by Crippen LogP contribution is -2.33. The van der Waals surface area contributed by atoms with Gasteiger partial charge in [0.15, 0.2) is 0 Å². The molecule has 0 aliphatic rings. The number of pyridine rings is 1. The summed E-state index contributed by atoms with van der Waals surface area (Å²) in [5, 5.41) is 2.87. The van der Waals surface area contributed by atoms with Crippen molar-refractivity contribution < 1.29 is 14.3 Å². The maximum atomic E-state index is 12.3. The average molecular weight is 395 g/mol. The maximum absolute atomic E-state index is 12.3. The third-order valence-electron chi connectivity index (χ3n) is 3.54. The molecule has 1 aromatic heterocycles. The first-order valence-electron chi connectivity index (χ1n) is 7.32. The van der Waals surface area contributed by atoms with Crippen molar-refractivity contribution in [1.82, 2.24) is 9.88 Å². The summed E-state index contributed by atoms with van der Waals surface area (Å²) in [6.07, 6.45) is 1.58. The molecule has 0 spiro atoms. The Balaban J connectivity index is 2.14. The van der Waals surface area contributed by atoms with Crippen molar-refractivity contribution in [1.29, 1.82) is 0 Å². The molecule has 128 valence electrons. The molecule has 0 bridgehead atoms. The molecule has 1 aromatic carbocycles. The second-order valence-electron chi connectivity index (χ2n) is 5.21. The third-order valence-corrected chi connectivity index (χ3v) is 4.01. The van der Waals surface area contributed by atoms with Crippen LogP contribution < -0.4 is 20.3 Å². The van der Waals surface area contributed by atoms with Crippen molar-refractivity contribution in [2.24, 2.45) is 0 Å². The zero-order valence-corrected chi connectivity index (χ0v) is 15.3. The Morgan fingerprint density at radius 2 is 2.00 bits per heavy atom. The lowest BCUT2D eigenvalue weighted by Gasteiger charge is -2.18. The van der Waals surface area contributed by atoms with Crippen LogP contribution in [0.2, 0.25) is 0 Å². The lowest BCUT2D eigenvalue weighted by molar-refractivity contribution is -0.122. The number of nitrogens with one attached hydrogen (secondary N) is 1. The van der Waals surface area contributed by atoms with E-state index in [1.807, 2.05) is 13.0 Å². The van der Waals surface area contributed by atoms with E-state index in [2.05, 4.69) is 21.2 Å². The number of aromatic nitrogens is 1.